The second-order valence-electron chi connectivity index (χ2n) is 5.18. The molecule has 5 heteroatoms. The fraction of sp³-hybridized carbons (Fsp3) is 0.312. The first-order chi connectivity index (χ1) is 10.2. The van der Waals surface area contributed by atoms with Gasteiger partial charge >= 0.3 is 0 Å². The van der Waals surface area contributed by atoms with E-state index in [0.717, 1.165) is 17.8 Å². The van der Waals surface area contributed by atoms with Crippen molar-refractivity contribution in [2.24, 2.45) is 0 Å². The highest BCUT2D eigenvalue weighted by atomic mass is 79.9. The zero-order chi connectivity index (χ0) is 14.7. The van der Waals surface area contributed by atoms with E-state index < -0.39 is 0 Å². The topological polar surface area (TPSA) is 34.1 Å². The second-order valence-corrected chi connectivity index (χ2v) is 6.09. The maximum absolute atomic E-state index is 13.6. The summed E-state index contributed by atoms with van der Waals surface area (Å²) in [7, 11) is 0. The summed E-state index contributed by atoms with van der Waals surface area (Å²) in [6.45, 7) is 1.11. The van der Waals surface area contributed by atoms with Crippen LogP contribution in [0.25, 0.3) is 0 Å². The Labute approximate surface area is 131 Å². The standard InChI is InChI=1S/C16H16BrFN2O/c17-12-2-6-16(15(18)7-12)21-10-14-3-1-11(9-20-14)8-19-13-4-5-13/h1-3,6-7,9,13,19H,4-5,8,10H2. The molecule has 1 aliphatic carbocycles. The van der Waals surface area contributed by atoms with E-state index in [1.807, 2.05) is 18.3 Å². The van der Waals surface area contributed by atoms with Gasteiger partial charge in [-0.3, -0.25) is 4.98 Å². The highest BCUT2D eigenvalue weighted by Gasteiger charge is 2.19. The van der Waals surface area contributed by atoms with Crippen molar-refractivity contribution in [1.29, 1.82) is 0 Å². The van der Waals surface area contributed by atoms with Gasteiger partial charge in [0.2, 0.25) is 0 Å². The summed E-state index contributed by atoms with van der Waals surface area (Å²) in [5.74, 6) is -0.144. The molecule has 0 unspecified atom stereocenters. The number of rotatable bonds is 6. The summed E-state index contributed by atoms with van der Waals surface area (Å²) in [6, 6.07) is 9.37. The Morgan fingerprint density at radius 3 is 2.81 bits per heavy atom. The molecule has 1 N–H and O–H groups in total. The van der Waals surface area contributed by atoms with E-state index in [4.69, 9.17) is 4.74 Å². The molecule has 110 valence electrons. The van der Waals surface area contributed by atoms with E-state index in [1.54, 1.807) is 12.1 Å². The Hall–Kier alpha value is -1.46. The van der Waals surface area contributed by atoms with Crippen LogP contribution < -0.4 is 10.1 Å². The number of hydrogen-bond donors (Lipinski definition) is 1. The van der Waals surface area contributed by atoms with Gasteiger partial charge in [0.15, 0.2) is 11.6 Å². The smallest absolute Gasteiger partial charge is 0.166 e. The van der Waals surface area contributed by atoms with Crippen molar-refractivity contribution in [2.45, 2.75) is 32.0 Å². The maximum atomic E-state index is 13.6. The zero-order valence-electron chi connectivity index (χ0n) is 11.5. The lowest BCUT2D eigenvalue weighted by Gasteiger charge is -2.08. The number of nitrogens with one attached hydrogen (secondary N) is 1. The van der Waals surface area contributed by atoms with Crippen LogP contribution in [0.3, 0.4) is 0 Å². The number of halogens is 2. The van der Waals surface area contributed by atoms with Gasteiger partial charge in [-0.2, -0.15) is 0 Å². The first-order valence-electron chi connectivity index (χ1n) is 6.96. The Kier molecular flexibility index (Phi) is 4.51. The number of benzene rings is 1. The summed E-state index contributed by atoms with van der Waals surface area (Å²) in [5.41, 5.74) is 1.94. The minimum absolute atomic E-state index is 0.236. The number of nitrogens with zero attached hydrogens (tertiary/aromatic N) is 1. The predicted octanol–water partition coefficient (Wildman–Crippen LogP) is 3.81. The van der Waals surface area contributed by atoms with Crippen molar-refractivity contribution in [3.05, 3.63) is 58.1 Å². The van der Waals surface area contributed by atoms with E-state index in [0.29, 0.717) is 10.5 Å². The van der Waals surface area contributed by atoms with Crippen molar-refractivity contribution >= 4 is 15.9 Å². The predicted molar refractivity (Wildman–Crippen MR) is 82.5 cm³/mol. The average Bonchev–Trinajstić information content (AvgIpc) is 3.30. The molecule has 1 aromatic heterocycles. The summed E-state index contributed by atoms with van der Waals surface area (Å²) < 4.78 is 19.8. The van der Waals surface area contributed by atoms with Gasteiger partial charge in [0.1, 0.15) is 6.61 Å². The third kappa shape index (κ3) is 4.25. The third-order valence-corrected chi connectivity index (χ3v) is 3.82. The SMILES string of the molecule is Fc1cc(Br)ccc1OCc1ccc(CNC2CC2)cn1. The second kappa shape index (κ2) is 6.54. The van der Waals surface area contributed by atoms with Crippen LogP contribution in [0.2, 0.25) is 0 Å². The molecule has 1 heterocycles. The first kappa shape index (κ1) is 14.5. The molecule has 0 bridgehead atoms. The van der Waals surface area contributed by atoms with Gasteiger partial charge in [-0.15, -0.1) is 0 Å². The Balaban J connectivity index is 1.54. The minimum Gasteiger partial charge on any atom is -0.484 e. The van der Waals surface area contributed by atoms with Gasteiger partial charge in [0.25, 0.3) is 0 Å². The fourth-order valence-electron chi connectivity index (χ4n) is 1.94. The lowest BCUT2D eigenvalue weighted by Crippen LogP contribution is -2.15. The Bertz CT molecular complexity index is 614. The van der Waals surface area contributed by atoms with E-state index in [2.05, 4.69) is 26.2 Å². The highest BCUT2D eigenvalue weighted by molar-refractivity contribution is 9.10. The molecular weight excluding hydrogens is 335 g/mol. The molecule has 0 amide bonds. The molecule has 0 saturated heterocycles. The molecule has 0 aliphatic heterocycles. The minimum atomic E-state index is -0.380. The van der Waals surface area contributed by atoms with Gasteiger partial charge in [-0.25, -0.2) is 4.39 Å². The van der Waals surface area contributed by atoms with Crippen LogP contribution in [0.1, 0.15) is 24.1 Å². The van der Waals surface area contributed by atoms with E-state index in [9.17, 15) is 4.39 Å². The van der Waals surface area contributed by atoms with Gasteiger partial charge < -0.3 is 10.1 Å². The number of aromatic nitrogens is 1. The van der Waals surface area contributed by atoms with Crippen molar-refractivity contribution in [3.8, 4) is 5.75 Å². The molecule has 3 rings (SSSR count). The van der Waals surface area contributed by atoms with Gasteiger partial charge in [-0.1, -0.05) is 22.0 Å². The molecule has 1 aliphatic rings. The zero-order valence-corrected chi connectivity index (χ0v) is 13.1. The third-order valence-electron chi connectivity index (χ3n) is 3.33. The molecule has 0 radical (unpaired) electrons. The lowest BCUT2D eigenvalue weighted by atomic mass is 10.2. The van der Waals surface area contributed by atoms with Crippen LogP contribution >= 0.6 is 15.9 Å². The van der Waals surface area contributed by atoms with Crippen molar-refractivity contribution in [3.63, 3.8) is 0 Å². The van der Waals surface area contributed by atoms with Crippen molar-refractivity contribution < 1.29 is 9.13 Å². The Morgan fingerprint density at radius 1 is 1.29 bits per heavy atom. The number of hydrogen-bond acceptors (Lipinski definition) is 3. The van der Waals surface area contributed by atoms with Gasteiger partial charge in [-0.05, 0) is 42.7 Å². The van der Waals surface area contributed by atoms with Gasteiger partial charge in [0, 0.05) is 23.3 Å². The van der Waals surface area contributed by atoms with E-state index in [-0.39, 0.29) is 18.2 Å². The molecule has 3 nitrogen and oxygen atoms in total. The molecule has 0 atom stereocenters. The van der Waals surface area contributed by atoms with Crippen molar-refractivity contribution in [2.75, 3.05) is 0 Å². The summed E-state index contributed by atoms with van der Waals surface area (Å²) in [4.78, 5) is 4.34. The Morgan fingerprint density at radius 2 is 2.14 bits per heavy atom. The summed E-state index contributed by atoms with van der Waals surface area (Å²) >= 11 is 3.22. The normalized spacial score (nSPS) is 14.2. The molecule has 21 heavy (non-hydrogen) atoms. The monoisotopic (exact) mass is 350 g/mol. The van der Waals surface area contributed by atoms with Gasteiger partial charge in [0.05, 0.1) is 5.69 Å². The van der Waals surface area contributed by atoms with Crippen LogP contribution in [0.4, 0.5) is 4.39 Å². The van der Waals surface area contributed by atoms with Crippen LogP contribution in [0.5, 0.6) is 5.75 Å². The van der Waals surface area contributed by atoms with Crippen LogP contribution in [-0.2, 0) is 13.2 Å². The molecule has 2 aromatic rings. The number of ether oxygens (including phenoxy) is 1. The molecule has 1 saturated carbocycles. The number of pyridine rings is 1. The lowest BCUT2D eigenvalue weighted by molar-refractivity contribution is 0.286. The summed E-state index contributed by atoms with van der Waals surface area (Å²) in [6.07, 6.45) is 4.39. The van der Waals surface area contributed by atoms with Crippen molar-refractivity contribution in [1.82, 2.24) is 10.3 Å². The van der Waals surface area contributed by atoms with Crippen LogP contribution in [0, 0.1) is 5.82 Å². The first-order valence-corrected chi connectivity index (χ1v) is 7.75. The molecule has 1 fully saturated rings. The van der Waals surface area contributed by atoms with Crippen LogP contribution in [-0.4, -0.2) is 11.0 Å². The largest absolute Gasteiger partial charge is 0.484 e. The fourth-order valence-corrected chi connectivity index (χ4v) is 2.27. The maximum Gasteiger partial charge on any atom is 0.166 e. The molecular formula is C16H16BrFN2O. The average molecular weight is 351 g/mol. The summed E-state index contributed by atoms with van der Waals surface area (Å²) in [5, 5.41) is 3.44. The van der Waals surface area contributed by atoms with E-state index >= 15 is 0 Å². The molecule has 0 spiro atoms. The van der Waals surface area contributed by atoms with E-state index in [1.165, 1.54) is 18.9 Å². The highest BCUT2D eigenvalue weighted by Crippen LogP contribution is 2.22. The molecule has 1 aromatic carbocycles. The van der Waals surface area contributed by atoms with Crippen LogP contribution in [0.15, 0.2) is 41.0 Å². The quantitative estimate of drug-likeness (QED) is 0.859.